The van der Waals surface area contributed by atoms with Crippen LogP contribution in [0, 0.1) is 19.8 Å². The molecule has 1 heterocycles. The van der Waals surface area contributed by atoms with Gasteiger partial charge in [0.2, 0.25) is 5.91 Å². The van der Waals surface area contributed by atoms with E-state index < -0.39 is 12.0 Å². The number of ether oxygens (including phenoxy) is 1. The maximum Gasteiger partial charge on any atom is 0.354 e. The van der Waals surface area contributed by atoms with Gasteiger partial charge in [-0.3, -0.25) is 9.59 Å². The fraction of sp³-hybridized carbons (Fsp3) is 0.632. The van der Waals surface area contributed by atoms with Crippen LogP contribution >= 0.6 is 0 Å². The molecule has 1 fully saturated rings. The van der Waals surface area contributed by atoms with Crippen LogP contribution in [0.25, 0.3) is 0 Å². The van der Waals surface area contributed by atoms with Gasteiger partial charge in [0.25, 0.3) is 0 Å². The molecule has 6 heteroatoms. The monoisotopic (exact) mass is 348 g/mol. The van der Waals surface area contributed by atoms with Gasteiger partial charge >= 0.3 is 5.97 Å². The molecule has 0 N–H and O–H groups in total. The van der Waals surface area contributed by atoms with E-state index in [9.17, 15) is 14.4 Å². The molecule has 1 amide bonds. The maximum atomic E-state index is 13.2. The van der Waals surface area contributed by atoms with Gasteiger partial charge < -0.3 is 14.2 Å². The lowest BCUT2D eigenvalue weighted by Crippen LogP contribution is -2.44. The van der Waals surface area contributed by atoms with E-state index in [2.05, 4.69) is 0 Å². The first-order valence-corrected chi connectivity index (χ1v) is 8.85. The second-order valence-electron chi connectivity index (χ2n) is 6.83. The lowest BCUT2D eigenvalue weighted by atomic mass is 9.99. The van der Waals surface area contributed by atoms with Crippen molar-refractivity contribution < 1.29 is 19.1 Å². The van der Waals surface area contributed by atoms with Crippen LogP contribution in [-0.4, -0.2) is 46.8 Å². The van der Waals surface area contributed by atoms with Gasteiger partial charge in [-0.1, -0.05) is 6.92 Å². The van der Waals surface area contributed by atoms with E-state index in [1.54, 1.807) is 30.4 Å². The van der Waals surface area contributed by atoms with E-state index in [0.717, 1.165) is 19.3 Å². The summed E-state index contributed by atoms with van der Waals surface area (Å²) in [6.45, 7) is 7.91. The van der Waals surface area contributed by atoms with Gasteiger partial charge in [0, 0.05) is 30.8 Å². The van der Waals surface area contributed by atoms with Crippen molar-refractivity contribution in [1.82, 2.24) is 9.47 Å². The van der Waals surface area contributed by atoms with Gasteiger partial charge in [-0.2, -0.15) is 0 Å². The summed E-state index contributed by atoms with van der Waals surface area (Å²) in [5.41, 5.74) is 2.22. The van der Waals surface area contributed by atoms with Crippen molar-refractivity contribution in [3.8, 4) is 0 Å². The zero-order valence-electron chi connectivity index (χ0n) is 16.0. The van der Waals surface area contributed by atoms with Crippen LogP contribution in [-0.2, 0) is 16.6 Å². The topological polar surface area (TPSA) is 68.6 Å². The van der Waals surface area contributed by atoms with Crippen molar-refractivity contribution in [3.63, 3.8) is 0 Å². The number of amides is 1. The third-order valence-corrected chi connectivity index (χ3v) is 5.08. The fourth-order valence-electron chi connectivity index (χ4n) is 3.38. The minimum atomic E-state index is -0.543. The highest BCUT2D eigenvalue weighted by Crippen LogP contribution is 2.32. The van der Waals surface area contributed by atoms with Crippen LogP contribution in [0.2, 0.25) is 0 Å². The number of aromatic nitrogens is 1. The second-order valence-corrected chi connectivity index (χ2v) is 6.83. The summed E-state index contributed by atoms with van der Waals surface area (Å²) in [6.07, 6.45) is 2.63. The normalized spacial score (nSPS) is 15.0. The average molecular weight is 348 g/mol. The molecule has 1 aliphatic rings. The predicted molar refractivity (Wildman–Crippen MR) is 94.7 cm³/mol. The maximum absolute atomic E-state index is 13.2. The molecule has 0 saturated heterocycles. The third kappa shape index (κ3) is 3.48. The molecule has 0 spiro atoms. The highest BCUT2D eigenvalue weighted by molar-refractivity contribution is 6.06. The molecule has 1 aliphatic carbocycles. The van der Waals surface area contributed by atoms with Gasteiger partial charge in [0.15, 0.2) is 5.78 Å². The van der Waals surface area contributed by atoms with E-state index in [1.807, 2.05) is 13.8 Å². The Hall–Kier alpha value is -2.11. The highest BCUT2D eigenvalue weighted by Gasteiger charge is 2.38. The zero-order chi connectivity index (χ0) is 18.9. The number of hydrogen-bond donors (Lipinski definition) is 0. The van der Waals surface area contributed by atoms with Crippen molar-refractivity contribution in [2.45, 2.75) is 53.0 Å². The van der Waals surface area contributed by atoms with E-state index in [0.29, 0.717) is 29.1 Å². The molecule has 0 aromatic carbocycles. The standard InChI is InChI=1S/C19H28N2O4/c1-7-10-21(18(23)14-8-9-14)13(4)17(22)15-11(2)16(19(24)25-6)20(5)12(15)3/h13-14H,7-10H2,1-6H3. The van der Waals surface area contributed by atoms with Crippen molar-refractivity contribution >= 4 is 17.7 Å². The Bertz CT molecular complexity index is 701. The third-order valence-electron chi connectivity index (χ3n) is 5.08. The molecule has 0 bridgehead atoms. The summed E-state index contributed by atoms with van der Waals surface area (Å²) in [6, 6.07) is -0.543. The Kier molecular flexibility index (Phi) is 5.70. The molecule has 1 unspecified atom stereocenters. The molecule has 1 saturated carbocycles. The van der Waals surface area contributed by atoms with E-state index in [-0.39, 0.29) is 17.6 Å². The van der Waals surface area contributed by atoms with Crippen LogP contribution in [0.3, 0.4) is 0 Å². The SMILES string of the molecule is CCCN(C(=O)C1CC1)C(C)C(=O)c1c(C)c(C(=O)OC)n(C)c1C. The number of ketones is 1. The Balaban J connectivity index is 2.38. The number of esters is 1. The fourth-order valence-corrected chi connectivity index (χ4v) is 3.38. The van der Waals surface area contributed by atoms with Gasteiger partial charge in [-0.25, -0.2) is 4.79 Å². The van der Waals surface area contributed by atoms with Gasteiger partial charge in [-0.05, 0) is 45.6 Å². The van der Waals surface area contributed by atoms with E-state index >= 15 is 0 Å². The average Bonchev–Trinajstić information content (AvgIpc) is 3.40. The number of carbonyl (C=O) groups excluding carboxylic acids is 3. The number of rotatable bonds is 7. The molecule has 138 valence electrons. The lowest BCUT2D eigenvalue weighted by molar-refractivity contribution is -0.133. The van der Waals surface area contributed by atoms with Crippen LogP contribution in [0.4, 0.5) is 0 Å². The lowest BCUT2D eigenvalue weighted by Gasteiger charge is -2.28. The van der Waals surface area contributed by atoms with Crippen molar-refractivity contribution in [2.24, 2.45) is 13.0 Å². The van der Waals surface area contributed by atoms with Crippen molar-refractivity contribution in [1.29, 1.82) is 0 Å². The first-order valence-electron chi connectivity index (χ1n) is 8.85. The molecule has 1 aromatic heterocycles. The summed E-state index contributed by atoms with van der Waals surface area (Å²) in [5, 5.41) is 0. The molecular formula is C19H28N2O4. The van der Waals surface area contributed by atoms with Gasteiger partial charge in [0.05, 0.1) is 13.2 Å². The molecule has 1 atom stereocenters. The van der Waals surface area contributed by atoms with Crippen molar-refractivity contribution in [3.05, 3.63) is 22.5 Å². The highest BCUT2D eigenvalue weighted by atomic mass is 16.5. The Labute approximate surface area is 149 Å². The van der Waals surface area contributed by atoms with Crippen LogP contribution in [0.5, 0.6) is 0 Å². The number of Topliss-reactive ketones (excluding diaryl/α,β-unsaturated/α-hetero) is 1. The largest absolute Gasteiger partial charge is 0.464 e. The van der Waals surface area contributed by atoms with E-state index in [4.69, 9.17) is 4.74 Å². The number of methoxy groups -OCH3 is 1. The molecular weight excluding hydrogens is 320 g/mol. The minimum Gasteiger partial charge on any atom is -0.464 e. The van der Waals surface area contributed by atoms with Crippen LogP contribution < -0.4 is 0 Å². The molecule has 6 nitrogen and oxygen atoms in total. The summed E-state index contributed by atoms with van der Waals surface area (Å²) in [5.74, 6) is -0.440. The molecule has 1 aromatic rings. The van der Waals surface area contributed by atoms with Gasteiger partial charge in [-0.15, -0.1) is 0 Å². The summed E-state index contributed by atoms with van der Waals surface area (Å²) in [7, 11) is 3.07. The predicted octanol–water partition coefficient (Wildman–Crippen LogP) is 2.65. The zero-order valence-corrected chi connectivity index (χ0v) is 16.0. The first kappa shape index (κ1) is 19.2. The van der Waals surface area contributed by atoms with Gasteiger partial charge in [0.1, 0.15) is 5.69 Å². The Morgan fingerprint density at radius 1 is 1.28 bits per heavy atom. The van der Waals surface area contributed by atoms with E-state index in [1.165, 1.54) is 7.11 Å². The summed E-state index contributed by atoms with van der Waals surface area (Å²) < 4.78 is 6.52. The Morgan fingerprint density at radius 3 is 2.36 bits per heavy atom. The molecule has 0 aliphatic heterocycles. The summed E-state index contributed by atoms with van der Waals surface area (Å²) in [4.78, 5) is 39.5. The smallest absolute Gasteiger partial charge is 0.354 e. The van der Waals surface area contributed by atoms with Crippen LogP contribution in [0.1, 0.15) is 65.2 Å². The quantitative estimate of drug-likeness (QED) is 0.561. The molecule has 25 heavy (non-hydrogen) atoms. The first-order chi connectivity index (χ1) is 11.8. The van der Waals surface area contributed by atoms with Crippen LogP contribution in [0.15, 0.2) is 0 Å². The second kappa shape index (κ2) is 7.42. The number of hydrogen-bond acceptors (Lipinski definition) is 4. The number of nitrogens with zero attached hydrogens (tertiary/aromatic N) is 2. The summed E-state index contributed by atoms with van der Waals surface area (Å²) >= 11 is 0. The molecule has 2 rings (SSSR count). The number of carbonyl (C=O) groups is 3. The molecule has 0 radical (unpaired) electrons. The van der Waals surface area contributed by atoms with Crippen molar-refractivity contribution in [2.75, 3.05) is 13.7 Å². The minimum absolute atomic E-state index is 0.0714. The Morgan fingerprint density at radius 2 is 1.88 bits per heavy atom.